The van der Waals surface area contributed by atoms with Gasteiger partial charge in [0.2, 0.25) is 0 Å². The molecular weight excluding hydrogens is 269 g/mol. The Balaban J connectivity index is 2.00. The van der Waals surface area contributed by atoms with Crippen LogP contribution < -0.4 is 10.1 Å². The van der Waals surface area contributed by atoms with Gasteiger partial charge in [0, 0.05) is 19.7 Å². The molecular formula is C16H22FN3O. The molecule has 0 fully saturated rings. The zero-order valence-electron chi connectivity index (χ0n) is 12.8. The van der Waals surface area contributed by atoms with Crippen LogP contribution in [-0.4, -0.2) is 16.3 Å². The van der Waals surface area contributed by atoms with E-state index >= 15 is 0 Å². The average molecular weight is 291 g/mol. The number of nitrogens with one attached hydrogen (secondary N) is 1. The van der Waals surface area contributed by atoms with Crippen LogP contribution in [0.25, 0.3) is 0 Å². The summed E-state index contributed by atoms with van der Waals surface area (Å²) in [5.41, 5.74) is 2.79. The lowest BCUT2D eigenvalue weighted by Crippen LogP contribution is -2.14. The Morgan fingerprint density at radius 1 is 1.29 bits per heavy atom. The number of aryl methyl sites for hydroxylation is 2. The first-order chi connectivity index (χ1) is 10.1. The molecule has 2 rings (SSSR count). The minimum Gasteiger partial charge on any atom is -0.487 e. The van der Waals surface area contributed by atoms with Crippen LogP contribution in [0.3, 0.4) is 0 Å². The monoisotopic (exact) mass is 291 g/mol. The number of nitrogens with zero attached hydrogens (tertiary/aromatic N) is 2. The molecule has 0 saturated heterocycles. The van der Waals surface area contributed by atoms with E-state index in [0.29, 0.717) is 18.9 Å². The van der Waals surface area contributed by atoms with Gasteiger partial charge in [0.05, 0.1) is 11.4 Å². The summed E-state index contributed by atoms with van der Waals surface area (Å²) in [6.07, 6.45) is 1.05. The maximum absolute atomic E-state index is 13.6. The number of benzene rings is 1. The molecule has 4 nitrogen and oxygen atoms in total. The molecule has 0 aliphatic carbocycles. The number of rotatable bonds is 7. The molecule has 0 amide bonds. The number of ether oxygens (including phenoxy) is 1. The van der Waals surface area contributed by atoms with Gasteiger partial charge < -0.3 is 10.1 Å². The third kappa shape index (κ3) is 4.56. The Bertz CT molecular complexity index is 595. The lowest BCUT2D eigenvalue weighted by molar-refractivity contribution is 0.293. The molecule has 1 heterocycles. The fraction of sp³-hybridized carbons (Fsp3) is 0.438. The van der Waals surface area contributed by atoms with Crippen LogP contribution in [0.15, 0.2) is 24.3 Å². The van der Waals surface area contributed by atoms with Crippen LogP contribution in [0.5, 0.6) is 5.75 Å². The van der Waals surface area contributed by atoms with E-state index in [4.69, 9.17) is 4.74 Å². The highest BCUT2D eigenvalue weighted by atomic mass is 19.1. The molecule has 5 heteroatoms. The van der Waals surface area contributed by atoms with Gasteiger partial charge in [-0.2, -0.15) is 5.10 Å². The van der Waals surface area contributed by atoms with Crippen molar-refractivity contribution in [2.45, 2.75) is 33.4 Å². The van der Waals surface area contributed by atoms with E-state index < -0.39 is 0 Å². The Labute approximate surface area is 124 Å². The molecule has 0 atom stereocenters. The molecule has 0 saturated carbocycles. The Hall–Kier alpha value is -1.88. The van der Waals surface area contributed by atoms with Gasteiger partial charge in [-0.3, -0.25) is 4.68 Å². The summed E-state index contributed by atoms with van der Waals surface area (Å²) in [6.45, 7) is 5.97. The fourth-order valence-electron chi connectivity index (χ4n) is 2.17. The van der Waals surface area contributed by atoms with Crippen LogP contribution in [0.4, 0.5) is 4.39 Å². The normalized spacial score (nSPS) is 10.9. The van der Waals surface area contributed by atoms with Crippen LogP contribution >= 0.6 is 0 Å². The van der Waals surface area contributed by atoms with Crippen molar-refractivity contribution in [1.82, 2.24) is 15.1 Å². The van der Waals surface area contributed by atoms with Crippen molar-refractivity contribution in [2.75, 3.05) is 6.54 Å². The summed E-state index contributed by atoms with van der Waals surface area (Å²) in [7, 11) is 1.87. The summed E-state index contributed by atoms with van der Waals surface area (Å²) < 4.78 is 21.1. The lowest BCUT2D eigenvalue weighted by Gasteiger charge is -2.09. The average Bonchev–Trinajstić information content (AvgIpc) is 2.74. The Kier molecular flexibility index (Phi) is 5.33. The van der Waals surface area contributed by atoms with Gasteiger partial charge in [-0.1, -0.05) is 6.92 Å². The summed E-state index contributed by atoms with van der Waals surface area (Å²) in [6, 6.07) is 6.77. The Morgan fingerprint density at radius 2 is 2.10 bits per heavy atom. The van der Waals surface area contributed by atoms with E-state index in [0.717, 1.165) is 29.9 Å². The summed E-state index contributed by atoms with van der Waals surface area (Å²) in [5.74, 6) is 0.268. The van der Waals surface area contributed by atoms with E-state index in [9.17, 15) is 4.39 Å². The lowest BCUT2D eigenvalue weighted by atomic mass is 10.2. The second-order valence-corrected chi connectivity index (χ2v) is 5.16. The van der Waals surface area contributed by atoms with Crippen LogP contribution in [0, 0.1) is 12.7 Å². The molecule has 1 aromatic heterocycles. The first-order valence-electron chi connectivity index (χ1n) is 7.21. The van der Waals surface area contributed by atoms with Gasteiger partial charge in [-0.15, -0.1) is 0 Å². The smallest absolute Gasteiger partial charge is 0.130 e. The first kappa shape index (κ1) is 15.5. The highest BCUT2D eigenvalue weighted by Crippen LogP contribution is 2.18. The molecule has 1 N–H and O–H groups in total. The van der Waals surface area contributed by atoms with Crippen LogP contribution in [0.1, 0.15) is 30.3 Å². The van der Waals surface area contributed by atoms with Gasteiger partial charge in [0.25, 0.3) is 0 Å². The third-order valence-corrected chi connectivity index (χ3v) is 3.17. The summed E-state index contributed by atoms with van der Waals surface area (Å²) >= 11 is 0. The van der Waals surface area contributed by atoms with Crippen LogP contribution in [-0.2, 0) is 20.2 Å². The molecule has 2 aromatic rings. The highest BCUT2D eigenvalue weighted by Gasteiger charge is 2.05. The zero-order valence-corrected chi connectivity index (χ0v) is 12.8. The highest BCUT2D eigenvalue weighted by molar-refractivity contribution is 5.29. The molecule has 114 valence electrons. The van der Waals surface area contributed by atoms with Crippen molar-refractivity contribution < 1.29 is 9.13 Å². The van der Waals surface area contributed by atoms with Gasteiger partial charge >= 0.3 is 0 Å². The van der Waals surface area contributed by atoms with Gasteiger partial charge in [-0.25, -0.2) is 4.39 Å². The largest absolute Gasteiger partial charge is 0.487 e. The standard InChI is InChI=1S/C16H22FN3O/c1-4-5-18-10-13-7-14(17)9-16(8-13)21-11-15-6-12(2)19-20(15)3/h6-9,18H,4-5,10-11H2,1-3H3. The van der Waals surface area contributed by atoms with Crippen molar-refractivity contribution in [3.05, 3.63) is 47.0 Å². The predicted molar refractivity (Wildman–Crippen MR) is 80.7 cm³/mol. The molecule has 21 heavy (non-hydrogen) atoms. The second kappa shape index (κ2) is 7.22. The quantitative estimate of drug-likeness (QED) is 0.797. The topological polar surface area (TPSA) is 39.1 Å². The molecule has 0 aliphatic heterocycles. The van der Waals surface area contributed by atoms with Crippen molar-refractivity contribution in [1.29, 1.82) is 0 Å². The molecule has 0 spiro atoms. The van der Waals surface area contributed by atoms with Gasteiger partial charge in [0.15, 0.2) is 0 Å². The fourth-order valence-corrected chi connectivity index (χ4v) is 2.17. The summed E-state index contributed by atoms with van der Waals surface area (Å²) in [4.78, 5) is 0. The van der Waals surface area contributed by atoms with Crippen molar-refractivity contribution >= 4 is 0 Å². The molecule has 0 bridgehead atoms. The number of hydrogen-bond donors (Lipinski definition) is 1. The molecule has 0 aliphatic rings. The maximum atomic E-state index is 13.6. The van der Waals surface area contributed by atoms with Crippen LogP contribution in [0.2, 0.25) is 0 Å². The number of aromatic nitrogens is 2. The van der Waals surface area contributed by atoms with Gasteiger partial charge in [0.1, 0.15) is 18.2 Å². The van der Waals surface area contributed by atoms with E-state index in [1.807, 2.05) is 26.1 Å². The second-order valence-electron chi connectivity index (χ2n) is 5.16. The van der Waals surface area contributed by atoms with E-state index in [-0.39, 0.29) is 5.82 Å². The summed E-state index contributed by atoms with van der Waals surface area (Å²) in [5, 5.41) is 7.52. The minimum absolute atomic E-state index is 0.276. The van der Waals surface area contributed by atoms with Gasteiger partial charge in [-0.05, 0) is 43.7 Å². The molecule has 0 unspecified atom stereocenters. The number of hydrogen-bond acceptors (Lipinski definition) is 3. The maximum Gasteiger partial charge on any atom is 0.130 e. The van der Waals surface area contributed by atoms with E-state index in [1.54, 1.807) is 4.68 Å². The Morgan fingerprint density at radius 3 is 2.76 bits per heavy atom. The molecule has 1 aromatic carbocycles. The number of halogens is 1. The van der Waals surface area contributed by atoms with Crippen molar-refractivity contribution in [3.8, 4) is 5.75 Å². The first-order valence-corrected chi connectivity index (χ1v) is 7.21. The van der Waals surface area contributed by atoms with Crippen molar-refractivity contribution in [3.63, 3.8) is 0 Å². The minimum atomic E-state index is -0.276. The van der Waals surface area contributed by atoms with E-state index in [1.165, 1.54) is 12.1 Å². The molecule has 0 radical (unpaired) electrons. The predicted octanol–water partition coefficient (Wildman–Crippen LogP) is 2.95. The third-order valence-electron chi connectivity index (χ3n) is 3.17. The zero-order chi connectivity index (χ0) is 15.2. The van der Waals surface area contributed by atoms with Crippen molar-refractivity contribution in [2.24, 2.45) is 7.05 Å². The SMILES string of the molecule is CCCNCc1cc(F)cc(OCc2cc(C)nn2C)c1. The van der Waals surface area contributed by atoms with E-state index in [2.05, 4.69) is 17.3 Å².